The maximum atomic E-state index is 10.7. The van der Waals surface area contributed by atoms with Gasteiger partial charge >= 0.3 is 0 Å². The molecule has 1 aliphatic carbocycles. The molecule has 0 N–H and O–H groups in total. The zero-order valence-corrected chi connectivity index (χ0v) is 10.1. The first-order chi connectivity index (χ1) is 8.38. The molecule has 1 heterocycles. The second-order valence-corrected chi connectivity index (χ2v) is 5.30. The lowest BCUT2D eigenvalue weighted by Crippen LogP contribution is -2.42. The van der Waals surface area contributed by atoms with Crippen molar-refractivity contribution in [1.29, 1.82) is 0 Å². The highest BCUT2D eigenvalue weighted by atomic mass is 16.1. The van der Waals surface area contributed by atoms with E-state index in [-0.39, 0.29) is 0 Å². The Balaban J connectivity index is 1.83. The van der Waals surface area contributed by atoms with Gasteiger partial charge in [-0.05, 0) is 55.9 Å². The molecule has 2 unspecified atom stereocenters. The first-order valence-corrected chi connectivity index (χ1v) is 6.70. The van der Waals surface area contributed by atoms with E-state index < -0.39 is 0 Å². The fraction of sp³-hybridized carbons (Fsp3) is 0.533. The highest BCUT2D eigenvalue weighted by Crippen LogP contribution is 2.38. The fourth-order valence-electron chi connectivity index (χ4n) is 3.52. The Labute approximate surface area is 103 Å². The molecule has 2 heteroatoms. The van der Waals surface area contributed by atoms with Gasteiger partial charge in [0.1, 0.15) is 6.29 Å². The van der Waals surface area contributed by atoms with Gasteiger partial charge in [-0.1, -0.05) is 6.42 Å². The Kier molecular flexibility index (Phi) is 2.87. The third-order valence-electron chi connectivity index (χ3n) is 4.35. The summed E-state index contributed by atoms with van der Waals surface area (Å²) in [5.74, 6) is 0.912. The summed E-state index contributed by atoms with van der Waals surface area (Å²) in [6, 6.07) is 8.82. The largest absolute Gasteiger partial charge is 0.368 e. The Morgan fingerprint density at radius 1 is 1.06 bits per heavy atom. The zero-order chi connectivity index (χ0) is 11.7. The first kappa shape index (κ1) is 10.8. The third-order valence-corrected chi connectivity index (χ3v) is 4.35. The van der Waals surface area contributed by atoms with Crippen LogP contribution < -0.4 is 4.90 Å². The van der Waals surface area contributed by atoms with E-state index in [4.69, 9.17) is 0 Å². The van der Waals surface area contributed by atoms with Gasteiger partial charge in [-0.15, -0.1) is 0 Å². The van der Waals surface area contributed by atoms with E-state index in [2.05, 4.69) is 17.0 Å². The number of carbonyl (C=O) groups is 1. The van der Waals surface area contributed by atoms with Gasteiger partial charge in [-0.2, -0.15) is 0 Å². The van der Waals surface area contributed by atoms with Crippen molar-refractivity contribution in [2.24, 2.45) is 5.92 Å². The van der Waals surface area contributed by atoms with Crippen LogP contribution in [-0.2, 0) is 0 Å². The molecule has 1 aliphatic heterocycles. The summed E-state index contributed by atoms with van der Waals surface area (Å²) < 4.78 is 0. The van der Waals surface area contributed by atoms with Gasteiger partial charge in [0, 0.05) is 23.8 Å². The summed E-state index contributed by atoms with van der Waals surface area (Å²) in [5.41, 5.74) is 2.07. The predicted octanol–water partition coefficient (Wildman–Crippen LogP) is 3.27. The molecule has 1 aromatic carbocycles. The van der Waals surface area contributed by atoms with Crippen LogP contribution in [0.15, 0.2) is 24.3 Å². The van der Waals surface area contributed by atoms with Crippen LogP contribution in [0.1, 0.15) is 42.5 Å². The summed E-state index contributed by atoms with van der Waals surface area (Å²) in [5, 5.41) is 0. The lowest BCUT2D eigenvalue weighted by atomic mass is 9.91. The van der Waals surface area contributed by atoms with Crippen molar-refractivity contribution in [3.05, 3.63) is 29.8 Å². The van der Waals surface area contributed by atoms with Crippen molar-refractivity contribution in [2.45, 2.75) is 38.1 Å². The van der Waals surface area contributed by atoms with Gasteiger partial charge in [-0.3, -0.25) is 4.79 Å². The van der Waals surface area contributed by atoms with Crippen LogP contribution in [0.5, 0.6) is 0 Å². The Morgan fingerprint density at radius 3 is 2.59 bits per heavy atom. The minimum atomic E-state index is 0.755. The normalized spacial score (nSPS) is 27.9. The van der Waals surface area contributed by atoms with Crippen molar-refractivity contribution in [3.63, 3.8) is 0 Å². The molecule has 17 heavy (non-hydrogen) atoms. The number of piperidine rings is 1. The predicted molar refractivity (Wildman–Crippen MR) is 69.5 cm³/mol. The number of fused-ring (bicyclic) bond motifs is 1. The molecule has 3 rings (SSSR count). The number of anilines is 1. The topological polar surface area (TPSA) is 20.3 Å². The van der Waals surface area contributed by atoms with Gasteiger partial charge in [0.25, 0.3) is 0 Å². The molecule has 90 valence electrons. The molecule has 2 nitrogen and oxygen atoms in total. The lowest BCUT2D eigenvalue weighted by Gasteiger charge is -2.39. The molecule has 0 aromatic heterocycles. The molecule has 2 aliphatic rings. The van der Waals surface area contributed by atoms with Crippen LogP contribution in [-0.4, -0.2) is 18.9 Å². The maximum Gasteiger partial charge on any atom is 0.150 e. The molecule has 1 aromatic rings. The van der Waals surface area contributed by atoms with Gasteiger partial charge in [-0.25, -0.2) is 0 Å². The van der Waals surface area contributed by atoms with Gasteiger partial charge in [0.05, 0.1) is 0 Å². The third kappa shape index (κ3) is 1.97. The van der Waals surface area contributed by atoms with E-state index in [1.165, 1.54) is 44.3 Å². The number of nitrogens with zero attached hydrogens (tertiary/aromatic N) is 1. The fourth-order valence-corrected chi connectivity index (χ4v) is 3.52. The number of benzene rings is 1. The summed E-state index contributed by atoms with van der Waals surface area (Å²) in [4.78, 5) is 13.2. The van der Waals surface area contributed by atoms with Gasteiger partial charge in [0.15, 0.2) is 0 Å². The van der Waals surface area contributed by atoms with Crippen LogP contribution in [0.2, 0.25) is 0 Å². The molecule has 0 radical (unpaired) electrons. The van der Waals surface area contributed by atoms with Crippen molar-refractivity contribution < 1.29 is 4.79 Å². The number of aldehydes is 1. The first-order valence-electron chi connectivity index (χ1n) is 6.70. The maximum absolute atomic E-state index is 10.7. The van der Waals surface area contributed by atoms with Gasteiger partial charge < -0.3 is 4.90 Å². The molecule has 2 fully saturated rings. The molecular formula is C15H19NO. The standard InChI is InChI=1S/C15H19NO/c17-11-12-6-8-14(9-7-12)16-10-2-4-13-3-1-5-15(13)16/h6-9,11,13,15H,1-5,10H2. The van der Waals surface area contributed by atoms with E-state index in [0.29, 0.717) is 0 Å². The van der Waals surface area contributed by atoms with Crippen molar-refractivity contribution in [3.8, 4) is 0 Å². The summed E-state index contributed by atoms with van der Waals surface area (Å²) in [6.45, 7) is 1.18. The van der Waals surface area contributed by atoms with E-state index in [0.717, 1.165) is 23.8 Å². The Morgan fingerprint density at radius 2 is 1.82 bits per heavy atom. The molecule has 1 saturated carbocycles. The lowest BCUT2D eigenvalue weighted by molar-refractivity contribution is 0.112. The van der Waals surface area contributed by atoms with Crippen molar-refractivity contribution in [2.75, 3.05) is 11.4 Å². The van der Waals surface area contributed by atoms with Crippen LogP contribution in [0.3, 0.4) is 0 Å². The Bertz CT molecular complexity index is 398. The molecule has 0 amide bonds. The summed E-state index contributed by atoms with van der Waals surface area (Å²) in [6.07, 6.45) is 7.79. The molecule has 0 bridgehead atoms. The number of rotatable bonds is 2. The molecular weight excluding hydrogens is 210 g/mol. The average molecular weight is 229 g/mol. The quantitative estimate of drug-likeness (QED) is 0.725. The van der Waals surface area contributed by atoms with E-state index in [1.54, 1.807) is 0 Å². The second kappa shape index (κ2) is 4.52. The highest BCUT2D eigenvalue weighted by molar-refractivity contribution is 5.75. The molecule has 0 spiro atoms. The van der Waals surface area contributed by atoms with Crippen LogP contribution in [0.25, 0.3) is 0 Å². The van der Waals surface area contributed by atoms with Crippen molar-refractivity contribution in [1.82, 2.24) is 0 Å². The highest BCUT2D eigenvalue weighted by Gasteiger charge is 2.34. The zero-order valence-electron chi connectivity index (χ0n) is 10.1. The SMILES string of the molecule is O=Cc1ccc(N2CCCC3CCCC32)cc1. The van der Waals surface area contributed by atoms with E-state index in [1.807, 2.05) is 12.1 Å². The Hall–Kier alpha value is -1.31. The van der Waals surface area contributed by atoms with E-state index >= 15 is 0 Å². The monoisotopic (exact) mass is 229 g/mol. The summed E-state index contributed by atoms with van der Waals surface area (Å²) >= 11 is 0. The van der Waals surface area contributed by atoms with Crippen LogP contribution in [0.4, 0.5) is 5.69 Å². The van der Waals surface area contributed by atoms with Crippen molar-refractivity contribution >= 4 is 12.0 Å². The number of carbonyl (C=O) groups excluding carboxylic acids is 1. The molecule has 2 atom stereocenters. The average Bonchev–Trinajstić information content (AvgIpc) is 2.87. The second-order valence-electron chi connectivity index (χ2n) is 5.30. The minimum Gasteiger partial charge on any atom is -0.368 e. The smallest absolute Gasteiger partial charge is 0.150 e. The minimum absolute atomic E-state index is 0.755. The van der Waals surface area contributed by atoms with Gasteiger partial charge in [0.2, 0.25) is 0 Å². The van der Waals surface area contributed by atoms with Crippen LogP contribution in [0, 0.1) is 5.92 Å². The van der Waals surface area contributed by atoms with Crippen LogP contribution >= 0.6 is 0 Å². The number of hydrogen-bond donors (Lipinski definition) is 0. The summed E-state index contributed by atoms with van der Waals surface area (Å²) in [7, 11) is 0. The van der Waals surface area contributed by atoms with E-state index in [9.17, 15) is 4.79 Å². The molecule has 1 saturated heterocycles. The number of hydrogen-bond acceptors (Lipinski definition) is 2.